The highest BCUT2D eigenvalue weighted by molar-refractivity contribution is 5.85. The first-order valence-electron chi connectivity index (χ1n) is 10.2. The second-order valence-electron chi connectivity index (χ2n) is 7.94. The van der Waals surface area contributed by atoms with Gasteiger partial charge in [0, 0.05) is 13.0 Å². The summed E-state index contributed by atoms with van der Waals surface area (Å²) in [6.45, 7) is 4.46. The fourth-order valence-electron chi connectivity index (χ4n) is 3.86. The average Bonchev–Trinajstić information content (AvgIpc) is 3.05. The van der Waals surface area contributed by atoms with Crippen molar-refractivity contribution in [2.75, 3.05) is 0 Å². The molecule has 7 nitrogen and oxygen atoms in total. The van der Waals surface area contributed by atoms with E-state index in [-0.39, 0.29) is 24.4 Å². The predicted octanol–water partition coefficient (Wildman–Crippen LogP) is 2.04. The van der Waals surface area contributed by atoms with Crippen LogP contribution in [0.4, 0.5) is 4.79 Å². The summed E-state index contributed by atoms with van der Waals surface area (Å²) in [5.74, 6) is -0.101. The molecule has 4 atom stereocenters. The second-order valence-corrected chi connectivity index (χ2v) is 7.94. The molecule has 0 aliphatic carbocycles. The summed E-state index contributed by atoms with van der Waals surface area (Å²) in [6, 6.07) is 18.1. The van der Waals surface area contributed by atoms with Gasteiger partial charge in [0.2, 0.25) is 5.91 Å². The van der Waals surface area contributed by atoms with Crippen molar-refractivity contribution in [2.24, 2.45) is 11.7 Å². The molecular weight excluding hydrogens is 382 g/mol. The van der Waals surface area contributed by atoms with Gasteiger partial charge in [-0.25, -0.2) is 4.79 Å². The minimum Gasteiger partial charge on any atom is -0.443 e. The minimum absolute atomic E-state index is 0.125. The van der Waals surface area contributed by atoms with Gasteiger partial charge in [-0.1, -0.05) is 74.5 Å². The Morgan fingerprint density at radius 1 is 1.10 bits per heavy atom. The van der Waals surface area contributed by atoms with Crippen molar-refractivity contribution in [1.82, 2.24) is 10.2 Å². The Morgan fingerprint density at radius 3 is 2.20 bits per heavy atom. The zero-order valence-electron chi connectivity index (χ0n) is 17.3. The number of amides is 2. The molecule has 4 N–H and O–H groups in total. The first kappa shape index (κ1) is 21.8. The number of aliphatic hydroxyl groups is 1. The molecule has 0 aromatic heterocycles. The second kappa shape index (κ2) is 9.73. The van der Waals surface area contributed by atoms with E-state index in [1.807, 2.05) is 74.5 Å². The lowest BCUT2D eigenvalue weighted by molar-refractivity contribution is -0.134. The van der Waals surface area contributed by atoms with Crippen LogP contribution >= 0.6 is 0 Å². The molecule has 0 spiro atoms. The third-order valence-corrected chi connectivity index (χ3v) is 5.33. The maximum absolute atomic E-state index is 13.2. The summed E-state index contributed by atoms with van der Waals surface area (Å²) in [5.41, 5.74) is 7.11. The molecule has 1 aliphatic heterocycles. The Morgan fingerprint density at radius 2 is 1.67 bits per heavy atom. The fourth-order valence-corrected chi connectivity index (χ4v) is 3.86. The number of rotatable bonds is 8. The van der Waals surface area contributed by atoms with Gasteiger partial charge < -0.3 is 20.5 Å². The van der Waals surface area contributed by atoms with Crippen molar-refractivity contribution in [1.29, 1.82) is 0 Å². The van der Waals surface area contributed by atoms with Crippen molar-refractivity contribution >= 4 is 12.0 Å². The number of aliphatic hydroxyl groups excluding tert-OH is 1. The summed E-state index contributed by atoms with van der Waals surface area (Å²) < 4.78 is 5.20. The molecular formula is C23H29N3O4. The third-order valence-electron chi connectivity index (χ3n) is 5.33. The van der Waals surface area contributed by atoms with Crippen molar-refractivity contribution in [3.05, 3.63) is 71.8 Å². The summed E-state index contributed by atoms with van der Waals surface area (Å²) in [5, 5.41) is 14.3. The molecule has 1 unspecified atom stereocenters. The summed E-state index contributed by atoms with van der Waals surface area (Å²) in [4.78, 5) is 26.4. The molecule has 2 aromatic carbocycles. The summed E-state index contributed by atoms with van der Waals surface area (Å²) >= 11 is 0. The van der Waals surface area contributed by atoms with Gasteiger partial charge in [-0.2, -0.15) is 0 Å². The standard InChI is InChI=1S/C23H29N3O4/c1-15(2)21-25-19(22(28)26(21)14-17-11-7-4-8-12-17)20(27)18(30-23(24)29)13-16-9-5-3-6-10-16/h3-12,15,18-21,25,27H,13-14H2,1-2H3,(H2,24,29)/t18-,19-,20-,21?/m0/s1. The van der Waals surface area contributed by atoms with Crippen LogP contribution in [0.1, 0.15) is 25.0 Å². The van der Waals surface area contributed by atoms with Crippen LogP contribution in [-0.2, 0) is 22.5 Å². The number of nitrogens with zero attached hydrogens (tertiary/aromatic N) is 1. The third kappa shape index (κ3) is 5.17. The van der Waals surface area contributed by atoms with E-state index in [9.17, 15) is 14.7 Å². The Bertz CT molecular complexity index is 844. The maximum Gasteiger partial charge on any atom is 0.404 e. The van der Waals surface area contributed by atoms with Crippen LogP contribution < -0.4 is 11.1 Å². The number of primary amides is 1. The lowest BCUT2D eigenvalue weighted by Crippen LogP contribution is -2.50. The van der Waals surface area contributed by atoms with Crippen molar-refractivity contribution in [3.63, 3.8) is 0 Å². The van der Waals surface area contributed by atoms with Gasteiger partial charge in [0.25, 0.3) is 0 Å². The minimum atomic E-state index is -1.24. The number of benzene rings is 2. The van der Waals surface area contributed by atoms with E-state index in [4.69, 9.17) is 10.5 Å². The topological polar surface area (TPSA) is 105 Å². The maximum atomic E-state index is 13.2. The Kier molecular flexibility index (Phi) is 7.07. The number of hydrogen-bond donors (Lipinski definition) is 3. The van der Waals surface area contributed by atoms with Crippen molar-refractivity contribution in [3.8, 4) is 0 Å². The van der Waals surface area contributed by atoms with E-state index in [1.54, 1.807) is 4.90 Å². The van der Waals surface area contributed by atoms with Gasteiger partial charge in [0.15, 0.2) is 0 Å². The molecule has 160 valence electrons. The number of ether oxygens (including phenoxy) is 1. The molecule has 0 bridgehead atoms. The smallest absolute Gasteiger partial charge is 0.404 e. The molecule has 2 aromatic rings. The monoisotopic (exact) mass is 411 g/mol. The Balaban J connectivity index is 1.80. The van der Waals surface area contributed by atoms with E-state index in [0.717, 1.165) is 11.1 Å². The number of carbonyl (C=O) groups is 2. The van der Waals surface area contributed by atoms with Crippen LogP contribution in [-0.4, -0.2) is 46.4 Å². The molecule has 1 aliphatic rings. The molecule has 30 heavy (non-hydrogen) atoms. The molecule has 1 saturated heterocycles. The summed E-state index contributed by atoms with van der Waals surface area (Å²) in [6.07, 6.45) is -3.17. The normalized spacial score (nSPS) is 20.9. The molecule has 1 heterocycles. The quantitative estimate of drug-likeness (QED) is 0.617. The van der Waals surface area contributed by atoms with Crippen LogP contribution in [0.5, 0.6) is 0 Å². The molecule has 0 saturated carbocycles. The number of hydrogen-bond acceptors (Lipinski definition) is 5. The van der Waals surface area contributed by atoms with Crippen LogP contribution in [0.25, 0.3) is 0 Å². The molecule has 3 rings (SSSR count). The Hall–Kier alpha value is -2.90. The highest BCUT2D eigenvalue weighted by Gasteiger charge is 2.46. The van der Waals surface area contributed by atoms with E-state index in [2.05, 4.69) is 5.32 Å². The van der Waals surface area contributed by atoms with Gasteiger partial charge in [0.1, 0.15) is 18.2 Å². The fraction of sp³-hybridized carbons (Fsp3) is 0.391. The van der Waals surface area contributed by atoms with Gasteiger partial charge >= 0.3 is 6.09 Å². The number of carbonyl (C=O) groups excluding carboxylic acids is 2. The first-order valence-corrected chi connectivity index (χ1v) is 10.2. The first-order chi connectivity index (χ1) is 14.4. The SMILES string of the molecule is CC(C)C1N[C@@H]([C@@H](O)[C@H](Cc2ccccc2)OC(N)=O)C(=O)N1Cc1ccccc1. The summed E-state index contributed by atoms with van der Waals surface area (Å²) in [7, 11) is 0. The van der Waals surface area contributed by atoms with Crippen LogP contribution in [0.2, 0.25) is 0 Å². The molecule has 7 heteroatoms. The van der Waals surface area contributed by atoms with E-state index >= 15 is 0 Å². The van der Waals surface area contributed by atoms with Gasteiger partial charge in [-0.15, -0.1) is 0 Å². The lowest BCUT2D eigenvalue weighted by atomic mass is 9.98. The zero-order chi connectivity index (χ0) is 21.7. The average molecular weight is 412 g/mol. The van der Waals surface area contributed by atoms with E-state index in [0.29, 0.717) is 6.54 Å². The van der Waals surface area contributed by atoms with E-state index < -0.39 is 24.3 Å². The lowest BCUT2D eigenvalue weighted by Gasteiger charge is -2.27. The van der Waals surface area contributed by atoms with E-state index in [1.165, 1.54) is 0 Å². The van der Waals surface area contributed by atoms with Gasteiger partial charge in [-0.05, 0) is 17.0 Å². The van der Waals surface area contributed by atoms with Crippen LogP contribution in [0, 0.1) is 5.92 Å². The van der Waals surface area contributed by atoms with Gasteiger partial charge in [-0.3, -0.25) is 10.1 Å². The predicted molar refractivity (Wildman–Crippen MR) is 113 cm³/mol. The molecule has 2 amide bonds. The highest BCUT2D eigenvalue weighted by Crippen LogP contribution is 2.24. The van der Waals surface area contributed by atoms with Gasteiger partial charge in [0.05, 0.1) is 6.17 Å². The van der Waals surface area contributed by atoms with Crippen LogP contribution in [0.15, 0.2) is 60.7 Å². The molecule has 1 fully saturated rings. The van der Waals surface area contributed by atoms with Crippen molar-refractivity contribution < 1.29 is 19.4 Å². The van der Waals surface area contributed by atoms with Crippen molar-refractivity contribution in [2.45, 2.75) is 51.2 Å². The number of nitrogens with two attached hydrogens (primary N) is 1. The zero-order valence-corrected chi connectivity index (χ0v) is 17.3. The van der Waals surface area contributed by atoms with Crippen LogP contribution in [0.3, 0.4) is 0 Å². The highest BCUT2D eigenvalue weighted by atomic mass is 16.6. The Labute approximate surface area is 176 Å². The number of nitrogens with one attached hydrogen (secondary N) is 1. The molecule has 0 radical (unpaired) electrons. The largest absolute Gasteiger partial charge is 0.443 e.